The fourth-order valence-corrected chi connectivity index (χ4v) is 2.77. The van der Waals surface area contributed by atoms with E-state index in [0.717, 1.165) is 5.56 Å². The molecule has 2 aromatic rings. The summed E-state index contributed by atoms with van der Waals surface area (Å²) >= 11 is 5.98. The van der Waals surface area contributed by atoms with Crippen molar-refractivity contribution in [2.45, 2.75) is 33.3 Å². The molecule has 1 aliphatic heterocycles. The normalized spacial score (nSPS) is 15.8. The molecule has 2 aromatic carbocycles. The Labute approximate surface area is 157 Å². The van der Waals surface area contributed by atoms with Gasteiger partial charge in [-0.15, -0.1) is 0 Å². The molecule has 1 unspecified atom stereocenters. The third-order valence-electron chi connectivity index (χ3n) is 4.06. The van der Waals surface area contributed by atoms with Gasteiger partial charge in [0.2, 0.25) is 5.91 Å². The Balaban J connectivity index is 1.65. The lowest BCUT2D eigenvalue weighted by Gasteiger charge is -2.18. The van der Waals surface area contributed by atoms with Gasteiger partial charge in [-0.2, -0.15) is 0 Å². The van der Waals surface area contributed by atoms with E-state index >= 15 is 0 Å². The number of hydrogen-bond donors (Lipinski definition) is 2. The number of hydrogen-bond acceptors (Lipinski definition) is 3. The highest BCUT2D eigenvalue weighted by atomic mass is 35.5. The van der Waals surface area contributed by atoms with Crippen molar-refractivity contribution < 1.29 is 14.3 Å². The summed E-state index contributed by atoms with van der Waals surface area (Å²) < 4.78 is 5.69. The first-order valence-electron chi connectivity index (χ1n) is 8.40. The van der Waals surface area contributed by atoms with Gasteiger partial charge in [0.25, 0.3) is 5.91 Å². The van der Waals surface area contributed by atoms with Crippen LogP contribution in [0.2, 0.25) is 5.02 Å². The average Bonchev–Trinajstić information content (AvgIpc) is 2.97. The van der Waals surface area contributed by atoms with Crippen LogP contribution in [-0.2, 0) is 16.0 Å². The standard InChI is InChI=1S/C20H21ClN2O3/c1-20(2,3)19(25)23-15-6-4-5-14(11-15)22-18(24)17-10-12-9-13(21)7-8-16(12)26-17/h4-9,11,17H,10H2,1-3H3,(H,22,24)(H,23,25). The van der Waals surface area contributed by atoms with Gasteiger partial charge in [-0.1, -0.05) is 38.4 Å². The lowest BCUT2D eigenvalue weighted by molar-refractivity contribution is -0.123. The van der Waals surface area contributed by atoms with Crippen molar-refractivity contribution in [3.05, 3.63) is 53.1 Å². The summed E-state index contributed by atoms with van der Waals surface area (Å²) in [5.41, 5.74) is 1.65. The summed E-state index contributed by atoms with van der Waals surface area (Å²) in [4.78, 5) is 24.6. The highest BCUT2D eigenvalue weighted by Crippen LogP contribution is 2.31. The van der Waals surface area contributed by atoms with Gasteiger partial charge in [0.1, 0.15) is 5.75 Å². The van der Waals surface area contributed by atoms with Gasteiger partial charge < -0.3 is 15.4 Å². The quantitative estimate of drug-likeness (QED) is 0.845. The third-order valence-corrected chi connectivity index (χ3v) is 4.29. The molecule has 0 bridgehead atoms. The Kier molecular flexibility index (Phi) is 4.92. The first kappa shape index (κ1) is 18.3. The van der Waals surface area contributed by atoms with Crippen LogP contribution in [0.15, 0.2) is 42.5 Å². The van der Waals surface area contributed by atoms with Gasteiger partial charge in [-0.25, -0.2) is 0 Å². The first-order chi connectivity index (χ1) is 12.2. The Morgan fingerprint density at radius 3 is 2.46 bits per heavy atom. The molecule has 0 spiro atoms. The van der Waals surface area contributed by atoms with Crippen molar-refractivity contribution in [2.24, 2.45) is 5.41 Å². The molecular formula is C20H21ClN2O3. The van der Waals surface area contributed by atoms with Gasteiger partial charge in [0.05, 0.1) is 0 Å². The Hall–Kier alpha value is -2.53. The number of ether oxygens (including phenoxy) is 1. The molecular weight excluding hydrogens is 352 g/mol. The number of anilines is 2. The van der Waals surface area contributed by atoms with E-state index in [9.17, 15) is 9.59 Å². The van der Waals surface area contributed by atoms with Gasteiger partial charge in [0.15, 0.2) is 6.10 Å². The fourth-order valence-electron chi connectivity index (χ4n) is 2.58. The van der Waals surface area contributed by atoms with Crippen LogP contribution in [0.1, 0.15) is 26.3 Å². The van der Waals surface area contributed by atoms with E-state index in [1.54, 1.807) is 36.4 Å². The number of halogens is 1. The monoisotopic (exact) mass is 372 g/mol. The molecule has 1 heterocycles. The van der Waals surface area contributed by atoms with E-state index in [4.69, 9.17) is 16.3 Å². The van der Waals surface area contributed by atoms with Crippen molar-refractivity contribution in [3.8, 4) is 5.75 Å². The maximum absolute atomic E-state index is 12.5. The Morgan fingerprint density at radius 2 is 1.77 bits per heavy atom. The largest absolute Gasteiger partial charge is 0.480 e. The van der Waals surface area contributed by atoms with E-state index in [1.807, 2.05) is 26.8 Å². The zero-order valence-corrected chi connectivity index (χ0v) is 15.7. The number of benzene rings is 2. The zero-order chi connectivity index (χ0) is 18.9. The molecule has 0 aromatic heterocycles. The molecule has 0 radical (unpaired) electrons. The summed E-state index contributed by atoms with van der Waals surface area (Å²) in [6.07, 6.45) is -0.126. The zero-order valence-electron chi connectivity index (χ0n) is 14.9. The second-order valence-electron chi connectivity index (χ2n) is 7.34. The molecule has 1 aliphatic rings. The van der Waals surface area contributed by atoms with E-state index in [1.165, 1.54) is 0 Å². The molecule has 5 nitrogen and oxygen atoms in total. The molecule has 0 saturated carbocycles. The molecule has 2 N–H and O–H groups in total. The summed E-state index contributed by atoms with van der Waals surface area (Å²) in [6, 6.07) is 12.4. The van der Waals surface area contributed by atoms with Gasteiger partial charge in [-0.05, 0) is 42.0 Å². The van der Waals surface area contributed by atoms with Gasteiger partial charge in [-0.3, -0.25) is 9.59 Å². The van der Waals surface area contributed by atoms with Crippen molar-refractivity contribution in [2.75, 3.05) is 10.6 Å². The van der Waals surface area contributed by atoms with E-state index < -0.39 is 11.5 Å². The van der Waals surface area contributed by atoms with Crippen LogP contribution in [0.5, 0.6) is 5.75 Å². The number of carbonyl (C=O) groups excluding carboxylic acids is 2. The highest BCUT2D eigenvalue weighted by Gasteiger charge is 2.29. The van der Waals surface area contributed by atoms with Crippen molar-refractivity contribution in [3.63, 3.8) is 0 Å². The van der Waals surface area contributed by atoms with Crippen LogP contribution in [0.3, 0.4) is 0 Å². The van der Waals surface area contributed by atoms with E-state index in [0.29, 0.717) is 28.6 Å². The third kappa shape index (κ3) is 4.17. The van der Waals surface area contributed by atoms with Crippen molar-refractivity contribution in [1.29, 1.82) is 0 Å². The summed E-state index contributed by atoms with van der Waals surface area (Å²) in [7, 11) is 0. The van der Waals surface area contributed by atoms with Crippen LogP contribution in [0, 0.1) is 5.41 Å². The van der Waals surface area contributed by atoms with Gasteiger partial charge in [0, 0.05) is 28.2 Å². The fraction of sp³-hybridized carbons (Fsp3) is 0.300. The number of carbonyl (C=O) groups is 2. The van der Waals surface area contributed by atoms with Crippen LogP contribution in [0.25, 0.3) is 0 Å². The molecule has 0 saturated heterocycles. The second-order valence-corrected chi connectivity index (χ2v) is 7.77. The van der Waals surface area contributed by atoms with E-state index in [2.05, 4.69) is 10.6 Å². The van der Waals surface area contributed by atoms with Gasteiger partial charge >= 0.3 is 0 Å². The number of fused-ring (bicyclic) bond motifs is 1. The van der Waals surface area contributed by atoms with Crippen LogP contribution in [0.4, 0.5) is 11.4 Å². The van der Waals surface area contributed by atoms with E-state index in [-0.39, 0.29) is 11.8 Å². The SMILES string of the molecule is CC(C)(C)C(=O)Nc1cccc(NC(=O)C2Cc3cc(Cl)ccc3O2)c1. The van der Waals surface area contributed by atoms with Crippen molar-refractivity contribution in [1.82, 2.24) is 0 Å². The molecule has 2 amide bonds. The lowest BCUT2D eigenvalue weighted by Crippen LogP contribution is -2.31. The van der Waals surface area contributed by atoms with Crippen LogP contribution in [-0.4, -0.2) is 17.9 Å². The smallest absolute Gasteiger partial charge is 0.265 e. The number of amides is 2. The minimum atomic E-state index is -0.601. The minimum Gasteiger partial charge on any atom is -0.480 e. The predicted molar refractivity (Wildman–Crippen MR) is 103 cm³/mol. The van der Waals surface area contributed by atoms with Crippen LogP contribution >= 0.6 is 11.6 Å². The maximum atomic E-state index is 12.5. The summed E-state index contributed by atoms with van der Waals surface area (Å²) in [5.74, 6) is 0.352. The number of rotatable bonds is 3. The topological polar surface area (TPSA) is 67.4 Å². The molecule has 0 aliphatic carbocycles. The average molecular weight is 373 g/mol. The molecule has 26 heavy (non-hydrogen) atoms. The maximum Gasteiger partial charge on any atom is 0.265 e. The second kappa shape index (κ2) is 7.00. The molecule has 3 rings (SSSR count). The van der Waals surface area contributed by atoms with Crippen molar-refractivity contribution >= 4 is 34.8 Å². The molecule has 1 atom stereocenters. The number of nitrogens with one attached hydrogen (secondary N) is 2. The predicted octanol–water partition coefficient (Wildman–Crippen LogP) is 4.27. The Bertz CT molecular complexity index is 858. The molecule has 6 heteroatoms. The van der Waals surface area contributed by atoms with Crippen LogP contribution < -0.4 is 15.4 Å². The minimum absolute atomic E-state index is 0.0903. The highest BCUT2D eigenvalue weighted by molar-refractivity contribution is 6.30. The summed E-state index contributed by atoms with van der Waals surface area (Å²) in [5, 5.41) is 6.31. The Morgan fingerprint density at radius 1 is 1.08 bits per heavy atom. The molecule has 136 valence electrons. The molecule has 0 fully saturated rings. The summed E-state index contributed by atoms with van der Waals surface area (Å²) in [6.45, 7) is 5.53. The first-order valence-corrected chi connectivity index (χ1v) is 8.77. The lowest BCUT2D eigenvalue weighted by atomic mass is 9.95.